The lowest BCUT2D eigenvalue weighted by Crippen LogP contribution is -2.27. The molecule has 0 aliphatic rings. The molecule has 0 saturated carbocycles. The molecule has 0 spiro atoms. The molecule has 0 aliphatic carbocycles. The van der Waals surface area contributed by atoms with Crippen LogP contribution >= 0.6 is 0 Å². The first-order chi connectivity index (χ1) is 16.7. The van der Waals surface area contributed by atoms with Gasteiger partial charge in [0.2, 0.25) is 0 Å². The average Bonchev–Trinajstić information content (AvgIpc) is 2.85. The number of aryl methyl sites for hydroxylation is 1. The van der Waals surface area contributed by atoms with Gasteiger partial charge >= 0.3 is 6.18 Å². The summed E-state index contributed by atoms with van der Waals surface area (Å²) in [5.74, 6) is -0.942. The number of hydrogen-bond donors (Lipinski definition) is 1. The molecule has 0 saturated heterocycles. The maximum atomic E-state index is 13.5. The Morgan fingerprint density at radius 2 is 1.57 bits per heavy atom. The van der Waals surface area contributed by atoms with Crippen molar-refractivity contribution in [3.8, 4) is 0 Å². The van der Waals surface area contributed by atoms with E-state index in [0.29, 0.717) is 11.5 Å². The minimum Gasteiger partial charge on any atom is -0.322 e. The van der Waals surface area contributed by atoms with Gasteiger partial charge in [-0.15, -0.1) is 0 Å². The monoisotopic (exact) mass is 475 g/mol. The van der Waals surface area contributed by atoms with Gasteiger partial charge in [0.15, 0.2) is 0 Å². The summed E-state index contributed by atoms with van der Waals surface area (Å²) < 4.78 is 40.0. The lowest BCUT2D eigenvalue weighted by Gasteiger charge is -2.22. The fraction of sp³-hybridized carbons (Fsp3) is 0.0741. The second-order valence-corrected chi connectivity index (χ2v) is 7.75. The van der Waals surface area contributed by atoms with Crippen molar-refractivity contribution in [2.75, 3.05) is 10.2 Å². The molecule has 176 valence electrons. The Bertz CT molecular complexity index is 1350. The number of hydrogen-bond acceptors (Lipinski definition) is 3. The number of halogens is 3. The van der Waals surface area contributed by atoms with E-state index in [4.69, 9.17) is 0 Å². The number of nitrogens with zero attached hydrogens (tertiary/aromatic N) is 2. The van der Waals surface area contributed by atoms with E-state index in [9.17, 15) is 22.8 Å². The van der Waals surface area contributed by atoms with Crippen LogP contribution in [0.5, 0.6) is 0 Å². The normalized spacial score (nSPS) is 11.1. The van der Waals surface area contributed by atoms with E-state index in [1.807, 2.05) is 19.1 Å². The van der Waals surface area contributed by atoms with Gasteiger partial charge < -0.3 is 5.32 Å². The number of rotatable bonds is 5. The van der Waals surface area contributed by atoms with E-state index in [1.165, 1.54) is 29.2 Å². The van der Waals surface area contributed by atoms with Crippen LogP contribution in [0.25, 0.3) is 0 Å². The fourth-order valence-electron chi connectivity index (χ4n) is 3.51. The number of benzene rings is 3. The van der Waals surface area contributed by atoms with Crippen molar-refractivity contribution in [3.05, 3.63) is 119 Å². The van der Waals surface area contributed by atoms with E-state index in [0.717, 1.165) is 17.7 Å². The molecule has 5 nitrogen and oxygen atoms in total. The molecule has 4 aromatic rings. The van der Waals surface area contributed by atoms with Gasteiger partial charge in [-0.1, -0.05) is 42.5 Å². The Balaban J connectivity index is 1.65. The van der Waals surface area contributed by atoms with Crippen molar-refractivity contribution in [2.24, 2.45) is 0 Å². The predicted molar refractivity (Wildman–Crippen MR) is 128 cm³/mol. The highest BCUT2D eigenvalue weighted by atomic mass is 19.4. The van der Waals surface area contributed by atoms with Crippen LogP contribution in [0.3, 0.4) is 0 Å². The Morgan fingerprint density at radius 1 is 0.857 bits per heavy atom. The third-order valence-corrected chi connectivity index (χ3v) is 5.19. The molecule has 0 atom stereocenters. The minimum absolute atomic E-state index is 0.183. The number of carbonyl (C=O) groups is 2. The highest BCUT2D eigenvalue weighted by Crippen LogP contribution is 2.32. The predicted octanol–water partition coefficient (Wildman–Crippen LogP) is 6.64. The van der Waals surface area contributed by atoms with Crippen molar-refractivity contribution in [3.63, 3.8) is 0 Å². The topological polar surface area (TPSA) is 62.3 Å². The van der Waals surface area contributed by atoms with Crippen LogP contribution in [-0.2, 0) is 6.18 Å². The lowest BCUT2D eigenvalue weighted by molar-refractivity contribution is -0.137. The summed E-state index contributed by atoms with van der Waals surface area (Å²) in [4.78, 5) is 32.0. The summed E-state index contributed by atoms with van der Waals surface area (Å²) in [6.45, 7) is 1.88. The van der Waals surface area contributed by atoms with E-state index in [2.05, 4.69) is 10.3 Å². The third-order valence-electron chi connectivity index (χ3n) is 5.19. The molecule has 0 fully saturated rings. The zero-order chi connectivity index (χ0) is 25.0. The maximum absolute atomic E-state index is 13.5. The van der Waals surface area contributed by atoms with Crippen molar-refractivity contribution in [1.82, 2.24) is 4.98 Å². The molecule has 4 rings (SSSR count). The molecule has 0 radical (unpaired) electrons. The van der Waals surface area contributed by atoms with Gasteiger partial charge in [-0.05, 0) is 61.0 Å². The molecule has 0 bridgehead atoms. The van der Waals surface area contributed by atoms with Crippen LogP contribution in [0, 0.1) is 6.92 Å². The Kier molecular flexibility index (Phi) is 6.64. The van der Waals surface area contributed by atoms with Crippen LogP contribution in [0.1, 0.15) is 31.8 Å². The Labute approximate surface area is 199 Å². The number of para-hydroxylation sites is 1. The van der Waals surface area contributed by atoms with Gasteiger partial charge in [0.1, 0.15) is 5.82 Å². The number of amides is 2. The molecule has 0 aliphatic heterocycles. The summed E-state index contributed by atoms with van der Waals surface area (Å²) in [5.41, 5.74) is 0.373. The third kappa shape index (κ3) is 5.38. The first kappa shape index (κ1) is 23.7. The Hall–Kier alpha value is -4.46. The van der Waals surface area contributed by atoms with Gasteiger partial charge in [-0.25, -0.2) is 4.98 Å². The second-order valence-electron chi connectivity index (χ2n) is 7.75. The van der Waals surface area contributed by atoms with E-state index in [1.54, 1.807) is 48.7 Å². The molecule has 1 N–H and O–H groups in total. The van der Waals surface area contributed by atoms with Gasteiger partial charge in [0.05, 0.1) is 16.8 Å². The summed E-state index contributed by atoms with van der Waals surface area (Å²) in [7, 11) is 0. The van der Waals surface area contributed by atoms with E-state index in [-0.39, 0.29) is 11.3 Å². The first-order valence-electron chi connectivity index (χ1n) is 10.6. The number of aromatic nitrogens is 1. The number of alkyl halides is 3. The zero-order valence-electron chi connectivity index (χ0n) is 18.6. The molecule has 3 aromatic carbocycles. The molecule has 1 heterocycles. The molecular weight excluding hydrogens is 455 g/mol. The standard InChI is InChI=1S/C27H20F3N3O2/c1-18-14-15-24(31-17-18)33(21-10-3-2-4-11-21)26(35)19-8-7-9-20(16-19)32-25(34)22-12-5-6-13-23(22)27(28,29)30/h2-17H,1H3,(H,32,34). The lowest BCUT2D eigenvalue weighted by atomic mass is 10.1. The van der Waals surface area contributed by atoms with Gasteiger partial charge in [0.25, 0.3) is 11.8 Å². The molecule has 2 amide bonds. The quantitative estimate of drug-likeness (QED) is 0.352. The smallest absolute Gasteiger partial charge is 0.322 e. The van der Waals surface area contributed by atoms with E-state index < -0.39 is 29.1 Å². The molecule has 1 aromatic heterocycles. The zero-order valence-corrected chi connectivity index (χ0v) is 18.6. The summed E-state index contributed by atoms with van der Waals surface area (Å²) in [5, 5.41) is 2.47. The van der Waals surface area contributed by atoms with Gasteiger partial charge in [0, 0.05) is 17.4 Å². The second kappa shape index (κ2) is 9.80. The van der Waals surface area contributed by atoms with E-state index >= 15 is 0 Å². The summed E-state index contributed by atoms with van der Waals surface area (Å²) in [6, 6.07) is 23.0. The molecule has 35 heavy (non-hydrogen) atoms. The molecule has 8 heteroatoms. The summed E-state index contributed by atoms with van der Waals surface area (Å²) in [6.07, 6.45) is -3.03. The SMILES string of the molecule is Cc1ccc(N(C(=O)c2cccc(NC(=O)c3ccccc3C(F)(F)F)c2)c2ccccc2)nc1. The van der Waals surface area contributed by atoms with Crippen LogP contribution in [-0.4, -0.2) is 16.8 Å². The van der Waals surface area contributed by atoms with Crippen molar-refractivity contribution in [2.45, 2.75) is 13.1 Å². The van der Waals surface area contributed by atoms with Crippen molar-refractivity contribution >= 4 is 29.0 Å². The average molecular weight is 475 g/mol. The number of carbonyl (C=O) groups excluding carboxylic acids is 2. The van der Waals surface area contributed by atoms with Crippen LogP contribution in [0.2, 0.25) is 0 Å². The largest absolute Gasteiger partial charge is 0.417 e. The van der Waals surface area contributed by atoms with Crippen LogP contribution in [0.4, 0.5) is 30.4 Å². The highest BCUT2D eigenvalue weighted by molar-refractivity contribution is 6.11. The maximum Gasteiger partial charge on any atom is 0.417 e. The minimum atomic E-state index is -4.68. The molecular formula is C27H20F3N3O2. The Morgan fingerprint density at radius 3 is 2.26 bits per heavy atom. The number of anilines is 3. The number of nitrogens with one attached hydrogen (secondary N) is 1. The van der Waals surface area contributed by atoms with Gasteiger partial charge in [-0.3, -0.25) is 14.5 Å². The highest BCUT2D eigenvalue weighted by Gasteiger charge is 2.34. The first-order valence-corrected chi connectivity index (χ1v) is 10.6. The van der Waals surface area contributed by atoms with Crippen molar-refractivity contribution in [1.29, 1.82) is 0 Å². The van der Waals surface area contributed by atoms with Crippen LogP contribution in [0.15, 0.2) is 97.2 Å². The van der Waals surface area contributed by atoms with Crippen molar-refractivity contribution < 1.29 is 22.8 Å². The van der Waals surface area contributed by atoms with Crippen LogP contribution < -0.4 is 10.2 Å². The molecule has 0 unspecified atom stereocenters. The summed E-state index contributed by atoms with van der Waals surface area (Å²) >= 11 is 0. The number of pyridine rings is 1. The fourth-order valence-corrected chi connectivity index (χ4v) is 3.51. The van der Waals surface area contributed by atoms with Gasteiger partial charge in [-0.2, -0.15) is 13.2 Å².